The van der Waals surface area contributed by atoms with Crippen molar-refractivity contribution in [1.29, 1.82) is 0 Å². The third-order valence-electron chi connectivity index (χ3n) is 3.10. The molecule has 0 aliphatic carbocycles. The van der Waals surface area contributed by atoms with Crippen molar-refractivity contribution in [3.63, 3.8) is 0 Å². The van der Waals surface area contributed by atoms with E-state index in [4.69, 9.17) is 34.8 Å². The maximum atomic E-state index is 12.1. The lowest BCUT2D eigenvalue weighted by molar-refractivity contribution is 0.481. The Kier molecular flexibility index (Phi) is 4.26. The summed E-state index contributed by atoms with van der Waals surface area (Å²) in [4.78, 5) is 14.7. The van der Waals surface area contributed by atoms with Gasteiger partial charge in [-0.25, -0.2) is 0 Å². The van der Waals surface area contributed by atoms with E-state index in [0.717, 1.165) is 0 Å². The second-order valence-electron chi connectivity index (χ2n) is 4.62. The number of nitrogens with zero attached hydrogens (tertiary/aromatic N) is 2. The monoisotopic (exact) mass is 367 g/mol. The van der Waals surface area contributed by atoms with Gasteiger partial charge in [0.25, 0.3) is 5.56 Å². The number of hydrogen-bond donors (Lipinski definition) is 2. The lowest BCUT2D eigenvalue weighted by Crippen LogP contribution is -2.05. The molecule has 2 N–H and O–H groups in total. The quantitative estimate of drug-likeness (QED) is 0.577. The first-order chi connectivity index (χ1) is 11.0. The van der Waals surface area contributed by atoms with Crippen LogP contribution in [-0.4, -0.2) is 10.1 Å². The molecule has 116 valence electrons. The molecule has 0 aliphatic rings. The summed E-state index contributed by atoms with van der Waals surface area (Å²) in [6.45, 7) is 0. The largest absolute Gasteiger partial charge is 0.505 e. The van der Waals surface area contributed by atoms with Crippen molar-refractivity contribution < 1.29 is 5.11 Å². The maximum absolute atomic E-state index is 12.1. The predicted octanol–water partition coefficient (Wildman–Crippen LogP) is 5.61. The number of pyridine rings is 1. The van der Waals surface area contributed by atoms with E-state index < -0.39 is 5.56 Å². The second-order valence-corrected chi connectivity index (χ2v) is 5.84. The summed E-state index contributed by atoms with van der Waals surface area (Å²) in [6, 6.07) is 9.68. The predicted molar refractivity (Wildman–Crippen MR) is 91.9 cm³/mol. The number of aromatic hydroxyl groups is 1. The summed E-state index contributed by atoms with van der Waals surface area (Å²) < 4.78 is 0. The third kappa shape index (κ3) is 3.03. The zero-order chi connectivity index (χ0) is 16.6. The molecule has 1 heterocycles. The van der Waals surface area contributed by atoms with Gasteiger partial charge in [0.15, 0.2) is 11.4 Å². The van der Waals surface area contributed by atoms with Gasteiger partial charge in [-0.05, 0) is 30.3 Å². The Morgan fingerprint density at radius 1 is 1.04 bits per heavy atom. The highest BCUT2D eigenvalue weighted by molar-refractivity contribution is 6.45. The van der Waals surface area contributed by atoms with Crippen molar-refractivity contribution in [2.45, 2.75) is 0 Å². The van der Waals surface area contributed by atoms with Crippen LogP contribution in [0.4, 0.5) is 11.4 Å². The van der Waals surface area contributed by atoms with Crippen LogP contribution in [0.25, 0.3) is 10.9 Å². The molecule has 0 atom stereocenters. The number of benzene rings is 2. The summed E-state index contributed by atoms with van der Waals surface area (Å²) in [5.41, 5.74) is -0.172. The van der Waals surface area contributed by atoms with E-state index in [0.29, 0.717) is 16.1 Å². The molecule has 8 heteroatoms. The highest BCUT2D eigenvalue weighted by Crippen LogP contribution is 2.37. The van der Waals surface area contributed by atoms with E-state index in [1.165, 1.54) is 12.1 Å². The Bertz CT molecular complexity index is 999. The number of nitrogens with one attached hydrogen (secondary N) is 1. The minimum atomic E-state index is -0.634. The van der Waals surface area contributed by atoms with Gasteiger partial charge >= 0.3 is 0 Å². The van der Waals surface area contributed by atoms with Crippen LogP contribution in [0.2, 0.25) is 15.1 Å². The zero-order valence-corrected chi connectivity index (χ0v) is 13.6. The molecule has 0 aliphatic heterocycles. The van der Waals surface area contributed by atoms with Gasteiger partial charge in [-0.15, -0.1) is 5.11 Å². The van der Waals surface area contributed by atoms with Gasteiger partial charge in [-0.3, -0.25) is 4.79 Å². The maximum Gasteiger partial charge on any atom is 0.280 e. The number of hydrogen-bond acceptors (Lipinski definition) is 4. The molecular weight excluding hydrogens is 361 g/mol. The fraction of sp³-hybridized carbons (Fsp3) is 0. The van der Waals surface area contributed by atoms with Gasteiger partial charge < -0.3 is 10.1 Å². The van der Waals surface area contributed by atoms with Crippen LogP contribution in [0, 0.1) is 0 Å². The van der Waals surface area contributed by atoms with Crippen LogP contribution < -0.4 is 5.56 Å². The minimum Gasteiger partial charge on any atom is -0.505 e. The van der Waals surface area contributed by atoms with Crippen molar-refractivity contribution >= 4 is 57.1 Å². The molecule has 0 fully saturated rings. The normalized spacial score (nSPS) is 11.4. The molecule has 0 amide bonds. The van der Waals surface area contributed by atoms with E-state index in [1.54, 1.807) is 24.3 Å². The zero-order valence-electron chi connectivity index (χ0n) is 11.3. The molecule has 0 radical (unpaired) electrons. The molecule has 0 saturated carbocycles. The van der Waals surface area contributed by atoms with Crippen LogP contribution in [0.5, 0.6) is 5.75 Å². The Morgan fingerprint density at radius 2 is 1.83 bits per heavy atom. The summed E-state index contributed by atoms with van der Waals surface area (Å²) in [5.74, 6) is -0.326. The number of azo groups is 1. The topological polar surface area (TPSA) is 77.8 Å². The second kappa shape index (κ2) is 6.20. The van der Waals surface area contributed by atoms with Crippen molar-refractivity contribution in [2.75, 3.05) is 0 Å². The molecule has 0 unspecified atom stereocenters. The van der Waals surface area contributed by atoms with Crippen molar-refractivity contribution in [2.24, 2.45) is 10.2 Å². The molecule has 0 bridgehead atoms. The number of aromatic nitrogens is 1. The van der Waals surface area contributed by atoms with Crippen molar-refractivity contribution in [3.8, 4) is 5.75 Å². The van der Waals surface area contributed by atoms with Crippen molar-refractivity contribution in [1.82, 2.24) is 4.98 Å². The number of fused-ring (bicyclic) bond motifs is 1. The first-order valence-corrected chi connectivity index (χ1v) is 7.51. The smallest absolute Gasteiger partial charge is 0.280 e. The fourth-order valence-electron chi connectivity index (χ4n) is 2.02. The van der Waals surface area contributed by atoms with E-state index in [1.807, 2.05) is 0 Å². The van der Waals surface area contributed by atoms with Crippen molar-refractivity contribution in [3.05, 3.63) is 61.8 Å². The number of H-pyrrole nitrogens is 1. The molecule has 3 rings (SSSR count). The van der Waals surface area contributed by atoms with Gasteiger partial charge in [-0.1, -0.05) is 40.9 Å². The van der Waals surface area contributed by atoms with Crippen LogP contribution >= 0.6 is 34.8 Å². The first-order valence-electron chi connectivity index (χ1n) is 6.37. The van der Waals surface area contributed by atoms with Gasteiger partial charge in [0.2, 0.25) is 0 Å². The lowest BCUT2D eigenvalue weighted by Gasteiger charge is -2.06. The van der Waals surface area contributed by atoms with Gasteiger partial charge in [0, 0.05) is 10.4 Å². The Morgan fingerprint density at radius 3 is 2.57 bits per heavy atom. The number of aromatic amines is 1. The molecule has 23 heavy (non-hydrogen) atoms. The van der Waals surface area contributed by atoms with Crippen LogP contribution in [0.1, 0.15) is 0 Å². The SMILES string of the molecule is O=c1[nH]c2c(Cl)c(Cl)ccc2c(O)c1N=Nc1cccc(Cl)c1. The van der Waals surface area contributed by atoms with Gasteiger partial charge in [0.1, 0.15) is 0 Å². The van der Waals surface area contributed by atoms with Crippen LogP contribution in [0.3, 0.4) is 0 Å². The van der Waals surface area contributed by atoms with Gasteiger partial charge in [0.05, 0.1) is 21.2 Å². The Hall–Kier alpha value is -2.08. The molecule has 5 nitrogen and oxygen atoms in total. The average Bonchev–Trinajstić information content (AvgIpc) is 2.51. The van der Waals surface area contributed by atoms with Crippen LogP contribution in [0.15, 0.2) is 51.4 Å². The number of rotatable bonds is 2. The van der Waals surface area contributed by atoms with E-state index >= 15 is 0 Å². The lowest BCUT2D eigenvalue weighted by atomic mass is 10.2. The summed E-state index contributed by atoms with van der Waals surface area (Å²) >= 11 is 17.8. The molecule has 2 aromatic carbocycles. The number of halogens is 3. The standard InChI is InChI=1S/C15H8Cl3N3O2/c16-7-2-1-3-8(6-7)20-21-13-14(22)9-4-5-10(17)11(18)12(9)19-15(13)23/h1-6H,(H2,19,22,23). The summed E-state index contributed by atoms with van der Waals surface area (Å²) in [5, 5.41) is 19.2. The van der Waals surface area contributed by atoms with E-state index in [9.17, 15) is 9.90 Å². The first kappa shape index (κ1) is 15.8. The third-order valence-corrected chi connectivity index (χ3v) is 4.14. The highest BCUT2D eigenvalue weighted by atomic mass is 35.5. The van der Waals surface area contributed by atoms with E-state index in [-0.39, 0.29) is 27.0 Å². The fourth-order valence-corrected chi connectivity index (χ4v) is 2.57. The highest BCUT2D eigenvalue weighted by Gasteiger charge is 2.15. The Labute approximate surface area is 145 Å². The van der Waals surface area contributed by atoms with Gasteiger partial charge in [-0.2, -0.15) is 5.11 Å². The van der Waals surface area contributed by atoms with E-state index in [2.05, 4.69) is 15.2 Å². The molecular formula is C15H8Cl3N3O2. The summed E-state index contributed by atoms with van der Waals surface area (Å²) in [6.07, 6.45) is 0. The minimum absolute atomic E-state index is 0.148. The molecule has 0 saturated heterocycles. The molecule has 0 spiro atoms. The Balaban J connectivity index is 2.15. The molecule has 1 aromatic heterocycles. The van der Waals surface area contributed by atoms with Crippen LogP contribution in [-0.2, 0) is 0 Å². The molecule has 3 aromatic rings. The summed E-state index contributed by atoms with van der Waals surface area (Å²) in [7, 11) is 0. The average molecular weight is 369 g/mol.